The van der Waals surface area contributed by atoms with E-state index in [0.29, 0.717) is 17.3 Å². The highest BCUT2D eigenvalue weighted by Crippen LogP contribution is 2.44. The molecule has 1 aromatic carbocycles. The second-order valence-corrected chi connectivity index (χ2v) is 6.23. The molecule has 0 aliphatic rings. The van der Waals surface area contributed by atoms with Crippen molar-refractivity contribution in [3.05, 3.63) is 29.8 Å². The Bertz CT molecular complexity index is 772. The van der Waals surface area contributed by atoms with Crippen LogP contribution in [0.5, 0.6) is 5.75 Å². The lowest BCUT2D eigenvalue weighted by Crippen LogP contribution is -2.33. The first-order valence-electron chi connectivity index (χ1n) is 7.53. The van der Waals surface area contributed by atoms with Gasteiger partial charge in [0.05, 0.1) is 6.04 Å². The Morgan fingerprint density at radius 2 is 1.74 bits per heavy atom. The van der Waals surface area contributed by atoms with Crippen LogP contribution in [0.2, 0.25) is 0 Å². The van der Waals surface area contributed by atoms with Gasteiger partial charge in [0.15, 0.2) is 5.16 Å². The van der Waals surface area contributed by atoms with Crippen molar-refractivity contribution in [2.75, 3.05) is 23.9 Å². The molecule has 0 amide bonds. The lowest BCUT2D eigenvalue weighted by Gasteiger charge is -2.20. The number of thioether (sulfide) groups is 1. The van der Waals surface area contributed by atoms with E-state index in [1.807, 2.05) is 0 Å². The van der Waals surface area contributed by atoms with Crippen LogP contribution in [0.15, 0.2) is 29.4 Å². The minimum absolute atomic E-state index is 0.0474. The summed E-state index contributed by atoms with van der Waals surface area (Å²) >= 11 is 1.28. The maximum absolute atomic E-state index is 13.2. The number of anilines is 2. The highest BCUT2D eigenvalue weighted by atomic mass is 32.2. The number of benzene rings is 1. The number of hydrogen-bond acceptors (Lipinski definition) is 7. The zero-order chi connectivity index (χ0) is 20.2. The van der Waals surface area contributed by atoms with Crippen molar-refractivity contribution in [3.8, 4) is 5.75 Å². The van der Waals surface area contributed by atoms with E-state index in [9.17, 15) is 22.0 Å². The number of hydrogen-bond donors (Lipinski definition) is 2. The summed E-state index contributed by atoms with van der Waals surface area (Å²) in [5.74, 6) is -4.49. The number of nitrogens with zero attached hydrogens (tertiary/aromatic N) is 3. The summed E-state index contributed by atoms with van der Waals surface area (Å²) in [6.07, 6.45) is -3.88. The largest absolute Gasteiger partial charge is 0.491 e. The average molecular weight is 409 g/mol. The third kappa shape index (κ3) is 5.31. The van der Waals surface area contributed by atoms with E-state index >= 15 is 0 Å². The molecule has 1 aromatic heterocycles. The van der Waals surface area contributed by atoms with Crippen molar-refractivity contribution in [2.45, 2.75) is 30.2 Å². The van der Waals surface area contributed by atoms with Crippen LogP contribution in [0.25, 0.3) is 0 Å². The fraction of sp³-hybridized carbons (Fsp3) is 0.400. The second kappa shape index (κ2) is 8.11. The van der Waals surface area contributed by atoms with Crippen molar-refractivity contribution >= 4 is 23.7 Å². The van der Waals surface area contributed by atoms with Gasteiger partial charge in [-0.25, -0.2) is 0 Å². The van der Waals surface area contributed by atoms with E-state index in [4.69, 9.17) is 10.5 Å². The molecule has 27 heavy (non-hydrogen) atoms. The molecule has 0 bridgehead atoms. The maximum atomic E-state index is 13.2. The molecular formula is C15H16F5N5OS. The monoisotopic (exact) mass is 409 g/mol. The molecule has 0 saturated heterocycles. The molecule has 0 spiro atoms. The number of alkyl halides is 5. The molecule has 148 valence electrons. The van der Waals surface area contributed by atoms with E-state index in [0.717, 1.165) is 12.1 Å². The third-order valence-corrected chi connectivity index (χ3v) is 3.81. The van der Waals surface area contributed by atoms with Gasteiger partial charge in [0.2, 0.25) is 11.9 Å². The number of aromatic nitrogens is 3. The molecule has 0 radical (unpaired) electrons. The summed E-state index contributed by atoms with van der Waals surface area (Å²) in [4.78, 5) is 11.9. The SMILES string of the molecule is CSc1nc(N)nc(NC(C)COc2ccc(C(F)(F)C(F)(F)F)cc2)n1. The molecular weight excluding hydrogens is 393 g/mol. The van der Waals surface area contributed by atoms with E-state index in [1.54, 1.807) is 13.2 Å². The van der Waals surface area contributed by atoms with Gasteiger partial charge >= 0.3 is 12.1 Å². The standard InChI is InChI=1S/C15H16F5N5OS/c1-8(22-12-23-11(21)24-13(25-12)27-2)7-26-10-5-3-9(4-6-10)14(16,17)15(18,19)20/h3-6,8H,7H2,1-2H3,(H3,21,22,23,24,25). The molecule has 2 aromatic rings. The van der Waals surface area contributed by atoms with Gasteiger partial charge in [0.25, 0.3) is 0 Å². The zero-order valence-electron chi connectivity index (χ0n) is 14.2. The summed E-state index contributed by atoms with van der Waals surface area (Å²) in [5, 5.41) is 3.36. The van der Waals surface area contributed by atoms with Crippen LogP contribution in [0.4, 0.5) is 33.8 Å². The van der Waals surface area contributed by atoms with Gasteiger partial charge in [-0.3, -0.25) is 0 Å². The Morgan fingerprint density at radius 3 is 2.30 bits per heavy atom. The van der Waals surface area contributed by atoms with Crippen molar-refractivity contribution in [1.82, 2.24) is 15.0 Å². The van der Waals surface area contributed by atoms with Crippen molar-refractivity contribution in [1.29, 1.82) is 0 Å². The minimum Gasteiger partial charge on any atom is -0.491 e. The van der Waals surface area contributed by atoms with Gasteiger partial charge in [-0.15, -0.1) is 0 Å². The predicted octanol–water partition coefficient (Wildman–Crippen LogP) is 3.71. The zero-order valence-corrected chi connectivity index (χ0v) is 15.0. The normalized spacial score (nSPS) is 13.3. The fourth-order valence-corrected chi connectivity index (χ4v) is 2.30. The first-order valence-corrected chi connectivity index (χ1v) is 8.75. The third-order valence-electron chi connectivity index (χ3n) is 3.26. The number of nitrogens with one attached hydrogen (secondary N) is 1. The Labute approximate surface area is 155 Å². The van der Waals surface area contributed by atoms with E-state index in [2.05, 4.69) is 20.3 Å². The quantitative estimate of drug-likeness (QED) is 0.533. The molecule has 0 aliphatic heterocycles. The van der Waals surface area contributed by atoms with Crippen LogP contribution in [0.3, 0.4) is 0 Å². The van der Waals surface area contributed by atoms with Crippen LogP contribution in [-0.2, 0) is 5.92 Å². The maximum Gasteiger partial charge on any atom is 0.458 e. The molecule has 1 atom stereocenters. The molecule has 2 rings (SSSR count). The smallest absolute Gasteiger partial charge is 0.458 e. The second-order valence-electron chi connectivity index (χ2n) is 5.46. The lowest BCUT2D eigenvalue weighted by molar-refractivity contribution is -0.289. The number of rotatable bonds is 7. The first kappa shape index (κ1) is 20.9. The van der Waals surface area contributed by atoms with Crippen molar-refractivity contribution < 1.29 is 26.7 Å². The van der Waals surface area contributed by atoms with E-state index in [1.165, 1.54) is 11.8 Å². The molecule has 1 heterocycles. The summed E-state index contributed by atoms with van der Waals surface area (Å²) in [6.45, 7) is 1.82. The van der Waals surface area contributed by atoms with Gasteiger partial charge in [0, 0.05) is 5.56 Å². The molecule has 3 N–H and O–H groups in total. The molecule has 1 unspecified atom stereocenters. The van der Waals surface area contributed by atoms with E-state index in [-0.39, 0.29) is 30.3 Å². The van der Waals surface area contributed by atoms with Gasteiger partial charge in [-0.05, 0) is 37.4 Å². The summed E-state index contributed by atoms with van der Waals surface area (Å²) in [7, 11) is 0. The Balaban J connectivity index is 1.96. The predicted molar refractivity (Wildman–Crippen MR) is 91.0 cm³/mol. The van der Waals surface area contributed by atoms with E-state index < -0.39 is 17.7 Å². The highest BCUT2D eigenvalue weighted by Gasteiger charge is 2.58. The van der Waals surface area contributed by atoms with Gasteiger partial charge in [0.1, 0.15) is 12.4 Å². The van der Waals surface area contributed by atoms with Crippen LogP contribution >= 0.6 is 11.8 Å². The van der Waals surface area contributed by atoms with Crippen LogP contribution in [-0.4, -0.2) is 40.0 Å². The Hall–Kier alpha value is -2.37. The average Bonchev–Trinajstić information content (AvgIpc) is 2.58. The van der Waals surface area contributed by atoms with Crippen LogP contribution in [0.1, 0.15) is 12.5 Å². The van der Waals surface area contributed by atoms with Gasteiger partial charge in [-0.2, -0.15) is 36.9 Å². The number of nitrogen functional groups attached to an aromatic ring is 1. The Kier molecular flexibility index (Phi) is 6.29. The fourth-order valence-electron chi connectivity index (χ4n) is 1.94. The summed E-state index contributed by atoms with van der Waals surface area (Å²) in [6, 6.07) is 3.15. The summed E-state index contributed by atoms with van der Waals surface area (Å²) in [5.41, 5.74) is 4.41. The Morgan fingerprint density at radius 1 is 1.11 bits per heavy atom. The lowest BCUT2D eigenvalue weighted by atomic mass is 10.1. The topological polar surface area (TPSA) is 86.0 Å². The number of ether oxygens (including phenoxy) is 1. The molecule has 6 nitrogen and oxygen atoms in total. The van der Waals surface area contributed by atoms with Crippen LogP contribution in [0, 0.1) is 0 Å². The minimum atomic E-state index is -5.66. The van der Waals surface area contributed by atoms with Gasteiger partial charge in [-0.1, -0.05) is 11.8 Å². The van der Waals surface area contributed by atoms with Crippen LogP contribution < -0.4 is 15.8 Å². The van der Waals surface area contributed by atoms with Crippen molar-refractivity contribution in [2.24, 2.45) is 0 Å². The first-order chi connectivity index (χ1) is 12.5. The molecule has 0 saturated carbocycles. The van der Waals surface area contributed by atoms with Crippen molar-refractivity contribution in [3.63, 3.8) is 0 Å². The molecule has 0 fully saturated rings. The number of nitrogens with two attached hydrogens (primary N) is 1. The summed E-state index contributed by atoms with van der Waals surface area (Å²) < 4.78 is 68.9. The molecule has 12 heteroatoms. The number of halogens is 5. The molecule has 0 aliphatic carbocycles. The van der Waals surface area contributed by atoms with Gasteiger partial charge < -0.3 is 15.8 Å². The highest BCUT2D eigenvalue weighted by molar-refractivity contribution is 7.98.